The van der Waals surface area contributed by atoms with Gasteiger partial charge in [0.05, 0.1) is 68.3 Å². The van der Waals surface area contributed by atoms with Crippen LogP contribution in [-0.4, -0.2) is 9.13 Å². The van der Waals surface area contributed by atoms with Crippen LogP contribution < -0.4 is 0 Å². The number of rotatable bonds is 5. The van der Waals surface area contributed by atoms with Crippen LogP contribution in [0.1, 0.15) is 22.3 Å². The average molecular weight is 780 g/mol. The summed E-state index contributed by atoms with van der Waals surface area (Å²) in [5.74, 6) is 0. The minimum atomic E-state index is -4.84. The van der Waals surface area contributed by atoms with Gasteiger partial charge in [-0.2, -0.15) is 29.0 Å². The summed E-state index contributed by atoms with van der Waals surface area (Å²) < 4.78 is 52.4. The van der Waals surface area contributed by atoms with E-state index in [-0.39, 0.29) is 11.4 Å². The van der Waals surface area contributed by atoms with Crippen LogP contribution in [0, 0.1) is 34.0 Å². The molecule has 2 heterocycles. The standard InChI is InChI=1S/C52H28F3N5/c53-52(54,55)51-49(59-45-10-3-1-8-41(45)43-25-38(20-22-47(43)59)35-16-12-32(29-56)13-17-35)27-40(37-7-5-6-34(24-37)31-58)28-50(51)60-46-11-4-2-9-42(46)44-26-39(21-23-48(44)60)36-18-14-33(30-57)15-19-36/h1-28H. The minimum Gasteiger partial charge on any atom is -0.309 e. The van der Waals surface area contributed by atoms with Crippen LogP contribution >= 0.6 is 0 Å². The lowest BCUT2D eigenvalue weighted by molar-refractivity contribution is -0.137. The van der Waals surface area contributed by atoms with Gasteiger partial charge in [-0.05, 0) is 118 Å². The molecule has 0 unspecified atom stereocenters. The van der Waals surface area contributed by atoms with E-state index in [0.29, 0.717) is 49.9 Å². The van der Waals surface area contributed by atoms with E-state index >= 15 is 13.2 Å². The number of benzene rings is 8. The van der Waals surface area contributed by atoms with E-state index in [1.807, 2.05) is 115 Å². The van der Waals surface area contributed by atoms with Crippen molar-refractivity contribution in [3.63, 3.8) is 0 Å². The Balaban J connectivity index is 1.31. The lowest BCUT2D eigenvalue weighted by Gasteiger charge is -2.23. The molecule has 0 atom stereocenters. The van der Waals surface area contributed by atoms with Crippen molar-refractivity contribution in [2.45, 2.75) is 6.18 Å². The zero-order chi connectivity index (χ0) is 41.1. The maximum Gasteiger partial charge on any atom is 0.420 e. The van der Waals surface area contributed by atoms with Gasteiger partial charge in [-0.15, -0.1) is 0 Å². The van der Waals surface area contributed by atoms with E-state index in [0.717, 1.165) is 43.8 Å². The molecule has 0 radical (unpaired) electrons. The van der Waals surface area contributed by atoms with Crippen molar-refractivity contribution < 1.29 is 13.2 Å². The maximum atomic E-state index is 16.3. The first-order chi connectivity index (χ1) is 29.2. The molecule has 0 saturated carbocycles. The third-order valence-electron chi connectivity index (χ3n) is 11.2. The summed E-state index contributed by atoms with van der Waals surface area (Å²) in [6, 6.07) is 57.4. The monoisotopic (exact) mass is 779 g/mol. The molecule has 0 aliphatic heterocycles. The predicted octanol–water partition coefficient (Wildman–Crippen LogP) is 13.5. The van der Waals surface area contributed by atoms with E-state index in [9.17, 15) is 15.8 Å². The molecule has 0 spiro atoms. The lowest BCUT2D eigenvalue weighted by atomic mass is 9.98. The second-order valence-corrected chi connectivity index (χ2v) is 14.6. The van der Waals surface area contributed by atoms with Gasteiger partial charge in [0.15, 0.2) is 0 Å². The molecule has 282 valence electrons. The van der Waals surface area contributed by atoms with Gasteiger partial charge < -0.3 is 9.13 Å². The quantitative estimate of drug-likeness (QED) is 0.174. The fourth-order valence-corrected chi connectivity index (χ4v) is 8.49. The Morgan fingerprint density at radius 3 is 1.22 bits per heavy atom. The number of fused-ring (bicyclic) bond motifs is 6. The van der Waals surface area contributed by atoms with Gasteiger partial charge in [0, 0.05) is 21.5 Å². The second kappa shape index (κ2) is 13.9. The van der Waals surface area contributed by atoms with E-state index in [4.69, 9.17) is 0 Å². The first kappa shape index (κ1) is 36.0. The molecular formula is C52H28F3N5. The maximum absolute atomic E-state index is 16.3. The number of nitrogens with zero attached hydrogens (tertiary/aromatic N) is 5. The van der Waals surface area contributed by atoms with Crippen molar-refractivity contribution >= 4 is 43.6 Å². The van der Waals surface area contributed by atoms with Crippen LogP contribution in [0.25, 0.3) is 88.4 Å². The summed E-state index contributed by atoms with van der Waals surface area (Å²) in [7, 11) is 0. The van der Waals surface area contributed by atoms with Crippen molar-refractivity contribution in [2.24, 2.45) is 0 Å². The summed E-state index contributed by atoms with van der Waals surface area (Å²) in [5, 5.41) is 31.7. The highest BCUT2D eigenvalue weighted by atomic mass is 19.4. The SMILES string of the molecule is N#Cc1ccc(-c2ccc3c(c2)c2ccccc2n3-c2cc(-c3cccc(C#N)c3)cc(-n3c4ccccc4c4cc(-c5ccc(C#N)cc5)ccc43)c2C(F)(F)F)cc1. The zero-order valence-corrected chi connectivity index (χ0v) is 31.5. The smallest absolute Gasteiger partial charge is 0.309 e. The van der Waals surface area contributed by atoms with E-state index in [1.165, 1.54) is 0 Å². The molecule has 2 aromatic heterocycles. The number of hydrogen-bond acceptors (Lipinski definition) is 3. The van der Waals surface area contributed by atoms with Crippen molar-refractivity contribution in [3.8, 4) is 63.0 Å². The summed E-state index contributed by atoms with van der Waals surface area (Å²) in [6.45, 7) is 0. The molecule has 0 bridgehead atoms. The highest BCUT2D eigenvalue weighted by Crippen LogP contribution is 2.47. The molecule has 10 rings (SSSR count). The number of halogens is 3. The number of nitriles is 3. The van der Waals surface area contributed by atoms with Gasteiger partial charge in [0.2, 0.25) is 0 Å². The number of aromatic nitrogens is 2. The van der Waals surface area contributed by atoms with Crippen LogP contribution in [0.15, 0.2) is 170 Å². The largest absolute Gasteiger partial charge is 0.420 e. The summed E-state index contributed by atoms with van der Waals surface area (Å²) in [4.78, 5) is 0. The van der Waals surface area contributed by atoms with E-state index in [2.05, 4.69) is 18.2 Å². The lowest BCUT2D eigenvalue weighted by Crippen LogP contribution is -2.16. The molecule has 60 heavy (non-hydrogen) atoms. The Labute approximate surface area is 341 Å². The molecule has 0 saturated heterocycles. The highest BCUT2D eigenvalue weighted by Gasteiger charge is 2.39. The fraction of sp³-hybridized carbons (Fsp3) is 0.0192. The van der Waals surface area contributed by atoms with Crippen molar-refractivity contribution in [1.29, 1.82) is 15.8 Å². The molecule has 0 aliphatic carbocycles. The Morgan fingerprint density at radius 2 is 0.767 bits per heavy atom. The molecule has 10 aromatic rings. The summed E-state index contributed by atoms with van der Waals surface area (Å²) in [5.41, 5.74) is 7.44. The topological polar surface area (TPSA) is 81.2 Å². The van der Waals surface area contributed by atoms with Gasteiger partial charge in [-0.3, -0.25) is 0 Å². The van der Waals surface area contributed by atoms with Gasteiger partial charge >= 0.3 is 6.18 Å². The Bertz CT molecular complexity index is 3300. The molecule has 5 nitrogen and oxygen atoms in total. The second-order valence-electron chi connectivity index (χ2n) is 14.6. The number of hydrogen-bond donors (Lipinski definition) is 0. The van der Waals surface area contributed by atoms with Crippen LogP contribution in [0.3, 0.4) is 0 Å². The van der Waals surface area contributed by atoms with Crippen molar-refractivity contribution in [2.75, 3.05) is 0 Å². The molecule has 0 aliphatic rings. The number of para-hydroxylation sites is 2. The minimum absolute atomic E-state index is 0.0604. The van der Waals surface area contributed by atoms with Gasteiger partial charge in [-0.25, -0.2) is 0 Å². The van der Waals surface area contributed by atoms with Gasteiger partial charge in [-0.1, -0.05) is 84.9 Å². The number of alkyl halides is 3. The molecule has 0 N–H and O–H groups in total. The third kappa shape index (κ3) is 5.85. The molecule has 8 heteroatoms. The van der Waals surface area contributed by atoms with Crippen LogP contribution in [0.5, 0.6) is 0 Å². The van der Waals surface area contributed by atoms with Gasteiger partial charge in [0.25, 0.3) is 0 Å². The Hall–Kier alpha value is -8.38. The third-order valence-corrected chi connectivity index (χ3v) is 11.2. The normalized spacial score (nSPS) is 11.5. The van der Waals surface area contributed by atoms with Crippen LogP contribution in [0.4, 0.5) is 13.2 Å². The summed E-state index contributed by atoms with van der Waals surface area (Å²) >= 11 is 0. The first-order valence-electron chi connectivity index (χ1n) is 19.1. The van der Waals surface area contributed by atoms with Crippen LogP contribution in [0.2, 0.25) is 0 Å². The van der Waals surface area contributed by atoms with E-state index < -0.39 is 11.7 Å². The van der Waals surface area contributed by atoms with Crippen molar-refractivity contribution in [3.05, 3.63) is 192 Å². The van der Waals surface area contributed by atoms with Crippen LogP contribution in [-0.2, 0) is 6.18 Å². The van der Waals surface area contributed by atoms with E-state index in [1.54, 1.807) is 63.7 Å². The molecule has 0 amide bonds. The first-order valence-corrected chi connectivity index (χ1v) is 19.1. The average Bonchev–Trinajstić information content (AvgIpc) is 3.80. The predicted molar refractivity (Wildman–Crippen MR) is 231 cm³/mol. The Morgan fingerprint density at radius 1 is 0.350 bits per heavy atom. The van der Waals surface area contributed by atoms with Crippen molar-refractivity contribution in [1.82, 2.24) is 9.13 Å². The Kier molecular flexibility index (Phi) is 8.35. The highest BCUT2D eigenvalue weighted by molar-refractivity contribution is 6.12. The molecule has 0 fully saturated rings. The molecule has 8 aromatic carbocycles. The zero-order valence-electron chi connectivity index (χ0n) is 31.5. The van der Waals surface area contributed by atoms with Gasteiger partial charge in [0.1, 0.15) is 5.56 Å². The summed E-state index contributed by atoms with van der Waals surface area (Å²) in [6.07, 6.45) is -4.84. The molecular weight excluding hydrogens is 752 g/mol. The fourth-order valence-electron chi connectivity index (χ4n) is 8.49.